The molecule has 0 N–H and O–H groups in total. The van der Waals surface area contributed by atoms with Crippen molar-refractivity contribution in [2.24, 2.45) is 10.9 Å². The lowest BCUT2D eigenvalue weighted by atomic mass is 10.1. The Kier molecular flexibility index (Phi) is 1.42. The molecule has 0 saturated carbocycles. The molecule has 1 atom stereocenters. The van der Waals surface area contributed by atoms with Crippen LogP contribution >= 0.6 is 0 Å². The predicted molar refractivity (Wildman–Crippen MR) is 31.5 cm³/mol. The Balaban J connectivity index is 2.59. The second-order valence-electron chi connectivity index (χ2n) is 2.06. The summed E-state index contributed by atoms with van der Waals surface area (Å²) in [4.78, 5) is 3.68. The summed E-state index contributed by atoms with van der Waals surface area (Å²) in [5.41, 5.74) is 0. The van der Waals surface area contributed by atoms with Crippen LogP contribution in [0.3, 0.4) is 0 Å². The van der Waals surface area contributed by atoms with Crippen LogP contribution in [0.1, 0.15) is 13.3 Å². The number of rotatable bonds is 0. The Labute approximate surface area is 47.9 Å². The van der Waals surface area contributed by atoms with Gasteiger partial charge in [-0.05, 0) is 5.92 Å². The van der Waals surface area contributed by atoms with E-state index in [0.717, 1.165) is 0 Å². The quantitative estimate of drug-likeness (QED) is 0.455. The highest BCUT2D eigenvalue weighted by Gasteiger charge is 2.04. The van der Waals surface area contributed by atoms with Gasteiger partial charge >= 0.3 is 0 Å². The average molecular weight is 113 g/mol. The van der Waals surface area contributed by atoms with Crippen LogP contribution < -0.4 is 0 Å². The molecule has 1 rings (SSSR count). The number of nitrogens with zero attached hydrogens (tertiary/aromatic N) is 1. The van der Waals surface area contributed by atoms with E-state index in [9.17, 15) is 4.39 Å². The monoisotopic (exact) mass is 113 g/mol. The van der Waals surface area contributed by atoms with Crippen molar-refractivity contribution in [2.45, 2.75) is 13.3 Å². The SMILES string of the molecule is CC1C=NC=C(F)C1. The second-order valence-corrected chi connectivity index (χ2v) is 2.06. The van der Waals surface area contributed by atoms with Crippen molar-refractivity contribution in [2.75, 3.05) is 0 Å². The predicted octanol–water partition coefficient (Wildman–Crippen LogP) is 1.91. The molecule has 44 valence electrons. The number of allylic oxidation sites excluding steroid dienone is 1. The van der Waals surface area contributed by atoms with Crippen molar-refractivity contribution < 1.29 is 4.39 Å². The largest absolute Gasteiger partial charge is 0.266 e. The lowest BCUT2D eigenvalue weighted by Gasteiger charge is -2.04. The van der Waals surface area contributed by atoms with E-state index in [1.54, 1.807) is 6.21 Å². The summed E-state index contributed by atoms with van der Waals surface area (Å²) in [7, 11) is 0. The van der Waals surface area contributed by atoms with Crippen LogP contribution in [0.25, 0.3) is 0 Å². The molecule has 1 heterocycles. The van der Waals surface area contributed by atoms with Crippen LogP contribution in [0.4, 0.5) is 4.39 Å². The first-order valence-corrected chi connectivity index (χ1v) is 2.67. The molecule has 1 unspecified atom stereocenters. The number of aliphatic imine (C=N–C) groups is 1. The molecule has 0 aromatic rings. The van der Waals surface area contributed by atoms with E-state index in [1.165, 1.54) is 6.20 Å². The van der Waals surface area contributed by atoms with Crippen molar-refractivity contribution in [1.82, 2.24) is 0 Å². The van der Waals surface area contributed by atoms with E-state index in [1.807, 2.05) is 6.92 Å². The van der Waals surface area contributed by atoms with E-state index < -0.39 is 0 Å². The van der Waals surface area contributed by atoms with Crippen molar-refractivity contribution in [1.29, 1.82) is 0 Å². The van der Waals surface area contributed by atoms with Crippen molar-refractivity contribution in [3.63, 3.8) is 0 Å². The molecular formula is C6H8FN. The van der Waals surface area contributed by atoms with E-state index in [0.29, 0.717) is 6.42 Å². The fourth-order valence-electron chi connectivity index (χ4n) is 0.684. The summed E-state index contributed by atoms with van der Waals surface area (Å²) < 4.78 is 12.2. The minimum absolute atomic E-state index is 0.111. The molecule has 0 aromatic carbocycles. The second kappa shape index (κ2) is 2.07. The number of halogens is 1. The van der Waals surface area contributed by atoms with Crippen LogP contribution in [0, 0.1) is 5.92 Å². The molecule has 0 amide bonds. The third-order valence-corrected chi connectivity index (χ3v) is 1.07. The van der Waals surface area contributed by atoms with E-state index >= 15 is 0 Å². The summed E-state index contributed by atoms with van der Waals surface area (Å²) in [6.07, 6.45) is 3.53. The summed E-state index contributed by atoms with van der Waals surface area (Å²) >= 11 is 0. The summed E-state index contributed by atoms with van der Waals surface area (Å²) in [5, 5.41) is 0. The molecular weight excluding hydrogens is 105 g/mol. The van der Waals surface area contributed by atoms with Gasteiger partial charge in [0.1, 0.15) is 5.83 Å². The third-order valence-electron chi connectivity index (χ3n) is 1.07. The molecule has 0 spiro atoms. The van der Waals surface area contributed by atoms with Gasteiger partial charge in [0, 0.05) is 12.6 Å². The molecule has 0 saturated heterocycles. The Bertz CT molecular complexity index is 137. The summed E-state index contributed by atoms with van der Waals surface area (Å²) in [6.45, 7) is 1.94. The van der Waals surface area contributed by atoms with Crippen LogP contribution in [-0.2, 0) is 0 Å². The van der Waals surface area contributed by atoms with Gasteiger partial charge in [0.2, 0.25) is 0 Å². The summed E-state index contributed by atoms with van der Waals surface area (Å²) in [6, 6.07) is 0. The number of hydrogen-bond donors (Lipinski definition) is 0. The molecule has 1 nitrogen and oxygen atoms in total. The smallest absolute Gasteiger partial charge is 0.119 e. The molecule has 0 fully saturated rings. The molecule has 1 aliphatic rings. The lowest BCUT2D eigenvalue weighted by Crippen LogP contribution is -1.98. The van der Waals surface area contributed by atoms with E-state index in [4.69, 9.17) is 0 Å². The minimum atomic E-state index is -0.111. The van der Waals surface area contributed by atoms with Gasteiger partial charge in [-0.3, -0.25) is 4.99 Å². The van der Waals surface area contributed by atoms with Crippen molar-refractivity contribution in [3.05, 3.63) is 12.0 Å². The van der Waals surface area contributed by atoms with Gasteiger partial charge in [0.15, 0.2) is 0 Å². The number of hydrogen-bond acceptors (Lipinski definition) is 1. The zero-order chi connectivity index (χ0) is 5.98. The fraction of sp³-hybridized carbons (Fsp3) is 0.500. The Morgan fingerprint density at radius 3 is 3.00 bits per heavy atom. The van der Waals surface area contributed by atoms with Gasteiger partial charge in [-0.25, -0.2) is 4.39 Å². The first-order valence-electron chi connectivity index (χ1n) is 2.67. The highest BCUT2D eigenvalue weighted by atomic mass is 19.1. The molecule has 8 heavy (non-hydrogen) atoms. The van der Waals surface area contributed by atoms with Crippen molar-refractivity contribution >= 4 is 6.21 Å². The maximum absolute atomic E-state index is 12.2. The van der Waals surface area contributed by atoms with Gasteiger partial charge < -0.3 is 0 Å². The normalized spacial score (nSPS) is 27.8. The Morgan fingerprint density at radius 2 is 2.62 bits per heavy atom. The topological polar surface area (TPSA) is 12.4 Å². The molecule has 0 aliphatic carbocycles. The zero-order valence-corrected chi connectivity index (χ0v) is 4.76. The van der Waals surface area contributed by atoms with Gasteiger partial charge in [0.25, 0.3) is 0 Å². The van der Waals surface area contributed by atoms with Gasteiger partial charge in [0.05, 0.1) is 6.20 Å². The first-order chi connectivity index (χ1) is 3.79. The highest BCUT2D eigenvalue weighted by Crippen LogP contribution is 2.14. The maximum atomic E-state index is 12.2. The lowest BCUT2D eigenvalue weighted by molar-refractivity contribution is 0.548. The van der Waals surface area contributed by atoms with Gasteiger partial charge in [-0.15, -0.1) is 0 Å². The standard InChI is InChI=1S/C6H8FN/c1-5-2-6(7)4-8-3-5/h3-5H,2H2,1H3. The summed E-state index contributed by atoms with van der Waals surface area (Å²) in [5.74, 6) is 0.167. The molecule has 0 bridgehead atoms. The van der Waals surface area contributed by atoms with Crippen molar-refractivity contribution in [3.8, 4) is 0 Å². The highest BCUT2D eigenvalue weighted by molar-refractivity contribution is 5.62. The van der Waals surface area contributed by atoms with Gasteiger partial charge in [-0.1, -0.05) is 6.92 Å². The van der Waals surface area contributed by atoms with Crippen LogP contribution in [-0.4, -0.2) is 6.21 Å². The van der Waals surface area contributed by atoms with E-state index in [2.05, 4.69) is 4.99 Å². The Morgan fingerprint density at radius 1 is 1.88 bits per heavy atom. The van der Waals surface area contributed by atoms with Gasteiger partial charge in [-0.2, -0.15) is 0 Å². The zero-order valence-electron chi connectivity index (χ0n) is 4.76. The minimum Gasteiger partial charge on any atom is -0.266 e. The molecule has 0 aromatic heterocycles. The van der Waals surface area contributed by atoms with Crippen LogP contribution in [0.2, 0.25) is 0 Å². The Hall–Kier alpha value is -0.660. The van der Waals surface area contributed by atoms with E-state index in [-0.39, 0.29) is 11.7 Å². The molecule has 2 heteroatoms. The maximum Gasteiger partial charge on any atom is 0.119 e. The molecule has 0 radical (unpaired) electrons. The molecule has 1 aliphatic heterocycles. The van der Waals surface area contributed by atoms with Crippen LogP contribution in [0.5, 0.6) is 0 Å². The first kappa shape index (κ1) is 5.48. The fourth-order valence-corrected chi connectivity index (χ4v) is 0.684. The third kappa shape index (κ3) is 1.15. The van der Waals surface area contributed by atoms with Crippen LogP contribution in [0.15, 0.2) is 17.0 Å². The average Bonchev–Trinajstić information content (AvgIpc) is 1.64.